The lowest BCUT2D eigenvalue weighted by Gasteiger charge is -2.35. The Labute approximate surface area is 168 Å². The maximum Gasteiger partial charge on any atom is 0.269 e. The summed E-state index contributed by atoms with van der Waals surface area (Å²) in [6.45, 7) is 0. The van der Waals surface area contributed by atoms with Gasteiger partial charge in [0.1, 0.15) is 18.3 Å². The van der Waals surface area contributed by atoms with Gasteiger partial charge in [-0.15, -0.1) is 0 Å². The minimum absolute atomic E-state index is 0.0290. The first-order valence-electron chi connectivity index (χ1n) is 9.64. The molecule has 2 atom stereocenters. The van der Waals surface area contributed by atoms with E-state index >= 15 is 0 Å². The van der Waals surface area contributed by atoms with Crippen LogP contribution in [0.25, 0.3) is 5.69 Å². The molecule has 2 aromatic heterocycles. The highest BCUT2D eigenvalue weighted by Crippen LogP contribution is 2.24. The number of nitrogens with zero attached hydrogens (tertiary/aromatic N) is 5. The van der Waals surface area contributed by atoms with Gasteiger partial charge in [0.2, 0.25) is 0 Å². The number of hydrogen-bond donors (Lipinski definition) is 2. The number of nitrogens with one attached hydrogen (secondary N) is 2. The summed E-state index contributed by atoms with van der Waals surface area (Å²) in [6.07, 6.45) is 8.11. The quantitative estimate of drug-likeness (QED) is 0.687. The molecule has 2 heterocycles. The van der Waals surface area contributed by atoms with Gasteiger partial charge in [0.25, 0.3) is 11.8 Å². The molecule has 2 unspecified atom stereocenters. The van der Waals surface area contributed by atoms with Crippen LogP contribution >= 0.6 is 0 Å². The van der Waals surface area contributed by atoms with Gasteiger partial charge in [0, 0.05) is 30.9 Å². The van der Waals surface area contributed by atoms with E-state index in [1.807, 2.05) is 25.2 Å². The second kappa shape index (κ2) is 8.26. The van der Waals surface area contributed by atoms with E-state index in [4.69, 9.17) is 0 Å². The molecule has 150 valence electrons. The Balaban J connectivity index is 1.42. The number of aromatic amines is 1. The summed E-state index contributed by atoms with van der Waals surface area (Å²) in [5.41, 5.74) is 1.83. The van der Waals surface area contributed by atoms with Crippen molar-refractivity contribution in [1.82, 2.24) is 35.2 Å². The average Bonchev–Trinajstić information content (AvgIpc) is 3.47. The molecule has 1 fully saturated rings. The zero-order valence-corrected chi connectivity index (χ0v) is 16.2. The van der Waals surface area contributed by atoms with Crippen molar-refractivity contribution >= 4 is 11.8 Å². The fourth-order valence-electron chi connectivity index (χ4n) is 3.78. The molecule has 1 aromatic carbocycles. The third-order valence-corrected chi connectivity index (χ3v) is 5.37. The number of aromatic nitrogens is 5. The van der Waals surface area contributed by atoms with E-state index in [0.29, 0.717) is 11.3 Å². The molecule has 3 aromatic rings. The van der Waals surface area contributed by atoms with E-state index in [1.54, 1.807) is 34.2 Å². The fraction of sp³-hybridized carbons (Fsp3) is 0.350. The molecule has 2 amide bonds. The van der Waals surface area contributed by atoms with Crippen LogP contribution < -0.4 is 5.32 Å². The van der Waals surface area contributed by atoms with Crippen LogP contribution in [0.5, 0.6) is 0 Å². The van der Waals surface area contributed by atoms with E-state index in [1.165, 1.54) is 6.33 Å². The average molecular weight is 393 g/mol. The normalized spacial score (nSPS) is 18.9. The third kappa shape index (κ3) is 4.18. The predicted octanol–water partition coefficient (Wildman–Crippen LogP) is 1.80. The van der Waals surface area contributed by atoms with Crippen molar-refractivity contribution in [3.8, 4) is 5.69 Å². The van der Waals surface area contributed by atoms with Gasteiger partial charge in [0.15, 0.2) is 0 Å². The Hall–Kier alpha value is -3.49. The Kier molecular flexibility index (Phi) is 5.37. The molecule has 1 aliphatic carbocycles. The summed E-state index contributed by atoms with van der Waals surface area (Å²) in [7, 11) is 1.83. The lowest BCUT2D eigenvalue weighted by atomic mass is 9.89. The Morgan fingerprint density at radius 1 is 1.28 bits per heavy atom. The first-order chi connectivity index (χ1) is 14.1. The minimum atomic E-state index is -0.164. The molecule has 1 saturated carbocycles. The summed E-state index contributed by atoms with van der Waals surface area (Å²) in [5.74, 6) is -0.208. The Morgan fingerprint density at radius 3 is 2.93 bits per heavy atom. The predicted molar refractivity (Wildman–Crippen MR) is 106 cm³/mol. The molecule has 1 aliphatic rings. The summed E-state index contributed by atoms with van der Waals surface area (Å²) in [4.78, 5) is 31.1. The second-order valence-electron chi connectivity index (χ2n) is 7.27. The molecule has 0 bridgehead atoms. The summed E-state index contributed by atoms with van der Waals surface area (Å²) in [6, 6.07) is 9.08. The number of benzene rings is 1. The van der Waals surface area contributed by atoms with Crippen molar-refractivity contribution in [2.24, 2.45) is 0 Å². The molecule has 9 heteroatoms. The molecule has 29 heavy (non-hydrogen) atoms. The number of amides is 2. The number of hydrogen-bond acceptors (Lipinski definition) is 5. The maximum atomic E-state index is 13.1. The third-order valence-electron chi connectivity index (χ3n) is 5.37. The lowest BCUT2D eigenvalue weighted by molar-refractivity contribution is 0.0674. The summed E-state index contributed by atoms with van der Waals surface area (Å²) in [5, 5.41) is 13.7. The minimum Gasteiger partial charge on any atom is -0.348 e. The van der Waals surface area contributed by atoms with Crippen LogP contribution in [0.15, 0.2) is 49.2 Å². The molecule has 4 rings (SSSR count). The Bertz CT molecular complexity index is 969. The van der Waals surface area contributed by atoms with Gasteiger partial charge < -0.3 is 10.2 Å². The van der Waals surface area contributed by atoms with Crippen LogP contribution in [0.1, 0.15) is 46.5 Å². The number of carbonyl (C=O) groups excluding carboxylic acids is 2. The largest absolute Gasteiger partial charge is 0.348 e. The Morgan fingerprint density at radius 2 is 2.17 bits per heavy atom. The van der Waals surface area contributed by atoms with E-state index < -0.39 is 0 Å². The first-order valence-corrected chi connectivity index (χ1v) is 9.64. The second-order valence-corrected chi connectivity index (χ2v) is 7.27. The van der Waals surface area contributed by atoms with Gasteiger partial charge in [-0.1, -0.05) is 6.07 Å². The van der Waals surface area contributed by atoms with Crippen molar-refractivity contribution in [2.75, 3.05) is 7.05 Å². The van der Waals surface area contributed by atoms with Gasteiger partial charge in [0.05, 0.1) is 5.69 Å². The highest BCUT2D eigenvalue weighted by atomic mass is 16.2. The molecule has 0 saturated heterocycles. The van der Waals surface area contributed by atoms with Crippen LogP contribution in [0.2, 0.25) is 0 Å². The van der Waals surface area contributed by atoms with Crippen LogP contribution in [-0.4, -0.2) is 60.8 Å². The van der Waals surface area contributed by atoms with Crippen LogP contribution in [-0.2, 0) is 0 Å². The van der Waals surface area contributed by atoms with Crippen LogP contribution in [0.3, 0.4) is 0 Å². The first kappa shape index (κ1) is 18.9. The smallest absolute Gasteiger partial charge is 0.269 e. The van der Waals surface area contributed by atoms with Gasteiger partial charge in [-0.3, -0.25) is 14.7 Å². The fourth-order valence-corrected chi connectivity index (χ4v) is 3.78. The van der Waals surface area contributed by atoms with Crippen molar-refractivity contribution in [3.63, 3.8) is 0 Å². The highest BCUT2D eigenvalue weighted by molar-refractivity contribution is 5.95. The number of rotatable bonds is 5. The SMILES string of the molecule is CN(C(=O)c1cccc(-n2cncn2)c1)C1CCCC(NC(=O)c2ccn[nH]2)C1. The molecular weight excluding hydrogens is 370 g/mol. The van der Waals surface area contributed by atoms with Gasteiger partial charge in [-0.2, -0.15) is 10.2 Å². The molecule has 0 radical (unpaired) electrons. The van der Waals surface area contributed by atoms with Crippen molar-refractivity contribution in [2.45, 2.75) is 37.8 Å². The number of carbonyl (C=O) groups is 2. The molecular formula is C20H23N7O2. The van der Waals surface area contributed by atoms with E-state index in [9.17, 15) is 9.59 Å². The van der Waals surface area contributed by atoms with E-state index in [2.05, 4.69) is 25.6 Å². The molecule has 9 nitrogen and oxygen atoms in total. The lowest BCUT2D eigenvalue weighted by Crippen LogP contribution is -2.46. The maximum absolute atomic E-state index is 13.1. The van der Waals surface area contributed by atoms with Crippen LogP contribution in [0, 0.1) is 0 Å². The standard InChI is InChI=1S/C20H23N7O2/c1-26(20(29)14-4-2-7-17(10-14)27-13-21-12-23-27)16-6-3-5-15(11-16)24-19(28)18-8-9-22-25-18/h2,4,7-10,12-13,15-16H,3,5-6,11H2,1H3,(H,22,25)(H,24,28). The zero-order valence-electron chi connectivity index (χ0n) is 16.2. The summed E-state index contributed by atoms with van der Waals surface area (Å²) >= 11 is 0. The molecule has 0 spiro atoms. The van der Waals surface area contributed by atoms with Crippen molar-refractivity contribution in [1.29, 1.82) is 0 Å². The van der Waals surface area contributed by atoms with Gasteiger partial charge >= 0.3 is 0 Å². The number of H-pyrrole nitrogens is 1. The van der Waals surface area contributed by atoms with E-state index in [-0.39, 0.29) is 23.9 Å². The van der Waals surface area contributed by atoms with E-state index in [0.717, 1.165) is 31.4 Å². The van der Waals surface area contributed by atoms with Gasteiger partial charge in [-0.25, -0.2) is 9.67 Å². The van der Waals surface area contributed by atoms with Crippen LogP contribution in [0.4, 0.5) is 0 Å². The van der Waals surface area contributed by atoms with Crippen molar-refractivity contribution < 1.29 is 9.59 Å². The van der Waals surface area contributed by atoms with Crippen molar-refractivity contribution in [3.05, 3.63) is 60.4 Å². The highest BCUT2D eigenvalue weighted by Gasteiger charge is 2.29. The topological polar surface area (TPSA) is 109 Å². The zero-order chi connectivity index (χ0) is 20.2. The molecule has 2 N–H and O–H groups in total. The monoisotopic (exact) mass is 393 g/mol. The van der Waals surface area contributed by atoms with Gasteiger partial charge in [-0.05, 0) is 49.9 Å². The molecule has 0 aliphatic heterocycles. The summed E-state index contributed by atoms with van der Waals surface area (Å²) < 4.78 is 1.62.